The summed E-state index contributed by atoms with van der Waals surface area (Å²) in [4.78, 5) is 9.17. The molecule has 0 aliphatic heterocycles. The van der Waals surface area contributed by atoms with Crippen LogP contribution in [-0.2, 0) is 11.2 Å². The van der Waals surface area contributed by atoms with Gasteiger partial charge < -0.3 is 4.79 Å². The molecule has 0 saturated heterocycles. The molecule has 1 aromatic carbocycles. The van der Waals surface area contributed by atoms with Crippen LogP contribution in [0.25, 0.3) is 0 Å². The lowest BCUT2D eigenvalue weighted by molar-refractivity contribution is -0.107. The van der Waals surface area contributed by atoms with Crippen LogP contribution in [0.1, 0.15) is 43.4 Å². The normalized spacial score (nSPS) is 9.07. The number of carbonyl (C=O) groups is 1. The van der Waals surface area contributed by atoms with E-state index in [9.17, 15) is 4.79 Å². The number of aryl methyl sites for hydroxylation is 3. The number of carbonyl (C=O) groups excluding carboxylic acids is 1. The summed E-state index contributed by atoms with van der Waals surface area (Å²) in [6, 6.07) is 6.69. The van der Waals surface area contributed by atoms with E-state index < -0.39 is 0 Å². The van der Waals surface area contributed by atoms with Crippen LogP contribution in [0.5, 0.6) is 0 Å². The maximum absolute atomic E-state index is 9.17. The molecule has 0 heterocycles. The molecular formula is C14H22O. The van der Waals surface area contributed by atoms with Gasteiger partial charge in [-0.15, -0.1) is 0 Å². The molecule has 0 spiro atoms. The van der Waals surface area contributed by atoms with E-state index in [4.69, 9.17) is 0 Å². The van der Waals surface area contributed by atoms with Crippen molar-refractivity contribution in [3.63, 3.8) is 0 Å². The molecule has 0 unspecified atom stereocenters. The van der Waals surface area contributed by atoms with Crippen molar-refractivity contribution in [3.05, 3.63) is 34.9 Å². The molecule has 84 valence electrons. The first-order chi connectivity index (χ1) is 7.15. The molecule has 0 saturated carbocycles. The summed E-state index contributed by atoms with van der Waals surface area (Å²) in [6.07, 6.45) is 3.97. The van der Waals surface area contributed by atoms with Crippen molar-refractivity contribution in [2.45, 2.75) is 47.0 Å². The van der Waals surface area contributed by atoms with Gasteiger partial charge in [0.25, 0.3) is 0 Å². The highest BCUT2D eigenvalue weighted by atomic mass is 16.1. The van der Waals surface area contributed by atoms with E-state index in [2.05, 4.69) is 39.0 Å². The van der Waals surface area contributed by atoms with Gasteiger partial charge in [0.05, 0.1) is 0 Å². The third kappa shape index (κ3) is 6.05. The molecule has 0 bridgehead atoms. The van der Waals surface area contributed by atoms with E-state index in [1.165, 1.54) is 29.5 Å². The molecule has 0 atom stereocenters. The van der Waals surface area contributed by atoms with Crippen molar-refractivity contribution in [3.8, 4) is 0 Å². The monoisotopic (exact) mass is 206 g/mol. The van der Waals surface area contributed by atoms with Crippen molar-refractivity contribution in [2.24, 2.45) is 0 Å². The van der Waals surface area contributed by atoms with Gasteiger partial charge in [-0.3, -0.25) is 0 Å². The Morgan fingerprint density at radius 1 is 1.20 bits per heavy atom. The molecule has 0 aliphatic carbocycles. The minimum atomic E-state index is 0.639. The minimum absolute atomic E-state index is 0.639. The predicted octanol–water partition coefficient (Wildman–Crippen LogP) is 3.85. The fourth-order valence-electron chi connectivity index (χ4n) is 1.40. The molecule has 1 aromatic rings. The highest BCUT2D eigenvalue weighted by molar-refractivity contribution is 5.48. The topological polar surface area (TPSA) is 17.1 Å². The Morgan fingerprint density at radius 3 is 2.20 bits per heavy atom. The molecule has 0 radical (unpaired) electrons. The minimum Gasteiger partial charge on any atom is -0.303 e. The van der Waals surface area contributed by atoms with Gasteiger partial charge in [0.15, 0.2) is 0 Å². The van der Waals surface area contributed by atoms with Crippen LogP contribution in [-0.4, -0.2) is 6.29 Å². The largest absolute Gasteiger partial charge is 0.303 e. The lowest BCUT2D eigenvalue weighted by Crippen LogP contribution is -1.88. The van der Waals surface area contributed by atoms with Gasteiger partial charge >= 0.3 is 0 Å². The third-order valence-electron chi connectivity index (χ3n) is 2.18. The van der Waals surface area contributed by atoms with Crippen LogP contribution in [0.15, 0.2) is 18.2 Å². The molecule has 1 nitrogen and oxygen atoms in total. The molecule has 0 amide bonds. The lowest BCUT2D eigenvalue weighted by atomic mass is 10.0. The molecule has 1 rings (SSSR count). The maximum atomic E-state index is 9.17. The first-order valence-electron chi connectivity index (χ1n) is 5.65. The van der Waals surface area contributed by atoms with E-state index in [0.717, 1.165) is 6.29 Å². The summed E-state index contributed by atoms with van der Waals surface area (Å²) in [5.74, 6) is 0. The zero-order valence-corrected chi connectivity index (χ0v) is 10.3. The zero-order valence-electron chi connectivity index (χ0n) is 10.3. The van der Waals surface area contributed by atoms with Gasteiger partial charge in [-0.05, 0) is 31.4 Å². The molecule has 1 heteroatoms. The highest BCUT2D eigenvalue weighted by Gasteiger charge is 1.95. The van der Waals surface area contributed by atoms with Gasteiger partial charge in [0.1, 0.15) is 6.29 Å². The number of rotatable bonds is 3. The summed E-state index contributed by atoms with van der Waals surface area (Å²) in [6.45, 7) is 8.37. The van der Waals surface area contributed by atoms with Gasteiger partial charge in [-0.2, -0.15) is 0 Å². The Labute approximate surface area is 93.5 Å². The molecule has 15 heavy (non-hydrogen) atoms. The van der Waals surface area contributed by atoms with Crippen LogP contribution in [0.2, 0.25) is 0 Å². The van der Waals surface area contributed by atoms with Gasteiger partial charge in [-0.1, -0.05) is 44.0 Å². The average molecular weight is 206 g/mol. The van der Waals surface area contributed by atoms with Crippen LogP contribution < -0.4 is 0 Å². The second-order valence-corrected chi connectivity index (χ2v) is 3.75. The van der Waals surface area contributed by atoms with Crippen molar-refractivity contribution in [1.29, 1.82) is 0 Å². The molecule has 0 N–H and O–H groups in total. The summed E-state index contributed by atoms with van der Waals surface area (Å²) >= 11 is 0. The molecule has 0 aliphatic rings. The third-order valence-corrected chi connectivity index (χ3v) is 2.18. The summed E-state index contributed by atoms with van der Waals surface area (Å²) < 4.78 is 0. The van der Waals surface area contributed by atoms with Crippen molar-refractivity contribution in [2.75, 3.05) is 0 Å². The Hall–Kier alpha value is -1.11. The second-order valence-electron chi connectivity index (χ2n) is 3.75. The molecule has 0 aromatic heterocycles. The first-order valence-corrected chi connectivity index (χ1v) is 5.65. The highest BCUT2D eigenvalue weighted by Crippen LogP contribution is 2.11. The lowest BCUT2D eigenvalue weighted by Gasteiger charge is -2.04. The van der Waals surface area contributed by atoms with Gasteiger partial charge in [0, 0.05) is 6.42 Å². The standard InChI is InChI=1S/C11H16.C3H6O/c1-4-5-11-7-6-9(2)8-10(11)3;1-2-3-4/h6-8H,4-5H2,1-3H3;3H,2H2,1H3. The van der Waals surface area contributed by atoms with Crippen molar-refractivity contribution < 1.29 is 4.79 Å². The second kappa shape index (κ2) is 8.22. The summed E-state index contributed by atoms with van der Waals surface area (Å²) in [7, 11) is 0. The van der Waals surface area contributed by atoms with E-state index in [1.54, 1.807) is 0 Å². The Kier molecular flexibility index (Phi) is 7.61. The van der Waals surface area contributed by atoms with E-state index >= 15 is 0 Å². The molecular weight excluding hydrogens is 184 g/mol. The Balaban J connectivity index is 0.000000423. The fourth-order valence-corrected chi connectivity index (χ4v) is 1.40. The van der Waals surface area contributed by atoms with Gasteiger partial charge in [0.2, 0.25) is 0 Å². The smallest absolute Gasteiger partial charge is 0.119 e. The summed E-state index contributed by atoms with van der Waals surface area (Å²) in [5.41, 5.74) is 4.30. The van der Waals surface area contributed by atoms with Crippen LogP contribution in [0.4, 0.5) is 0 Å². The van der Waals surface area contributed by atoms with Crippen LogP contribution in [0, 0.1) is 13.8 Å². The molecule has 0 fully saturated rings. The fraction of sp³-hybridized carbons (Fsp3) is 0.500. The zero-order chi connectivity index (χ0) is 11.7. The van der Waals surface area contributed by atoms with E-state index in [-0.39, 0.29) is 0 Å². The van der Waals surface area contributed by atoms with E-state index in [1.807, 2.05) is 6.92 Å². The Morgan fingerprint density at radius 2 is 1.80 bits per heavy atom. The first kappa shape index (κ1) is 13.9. The predicted molar refractivity (Wildman–Crippen MR) is 66.3 cm³/mol. The van der Waals surface area contributed by atoms with Gasteiger partial charge in [-0.25, -0.2) is 0 Å². The number of hydrogen-bond donors (Lipinski definition) is 0. The number of benzene rings is 1. The number of hydrogen-bond acceptors (Lipinski definition) is 1. The van der Waals surface area contributed by atoms with Crippen LogP contribution >= 0.6 is 0 Å². The summed E-state index contributed by atoms with van der Waals surface area (Å²) in [5, 5.41) is 0. The quantitative estimate of drug-likeness (QED) is 0.686. The maximum Gasteiger partial charge on any atom is 0.119 e. The van der Waals surface area contributed by atoms with Crippen molar-refractivity contribution in [1.82, 2.24) is 0 Å². The Bertz CT molecular complexity index is 289. The van der Waals surface area contributed by atoms with Crippen molar-refractivity contribution >= 4 is 6.29 Å². The van der Waals surface area contributed by atoms with E-state index in [0.29, 0.717) is 6.42 Å². The van der Waals surface area contributed by atoms with Crippen LogP contribution in [0.3, 0.4) is 0 Å². The SMILES string of the molecule is CCC=O.CCCc1ccc(C)cc1C. The average Bonchev–Trinajstić information content (AvgIpc) is 2.23. The number of aldehydes is 1.